The summed E-state index contributed by atoms with van der Waals surface area (Å²) in [5, 5.41) is 10.9. The highest BCUT2D eigenvalue weighted by molar-refractivity contribution is 6.07. The number of fused-ring (bicyclic) bond motifs is 1. The number of hydrogen-bond donors (Lipinski definition) is 2. The Labute approximate surface area is 186 Å². The van der Waals surface area contributed by atoms with Gasteiger partial charge < -0.3 is 29.0 Å². The van der Waals surface area contributed by atoms with Gasteiger partial charge in [0.2, 0.25) is 5.91 Å². The van der Waals surface area contributed by atoms with Crippen molar-refractivity contribution in [1.82, 2.24) is 10.2 Å². The molecule has 2 aliphatic rings. The van der Waals surface area contributed by atoms with Gasteiger partial charge >= 0.3 is 0 Å². The van der Waals surface area contributed by atoms with E-state index in [1.165, 1.54) is 4.90 Å². The fraction of sp³-hybridized carbons (Fsp3) is 0.591. The number of benzene rings is 1. The second kappa shape index (κ2) is 11.4. The van der Waals surface area contributed by atoms with Gasteiger partial charge in [-0.1, -0.05) is 6.07 Å². The normalized spacial score (nSPS) is 20.4. The molecular weight excluding hydrogens is 420 g/mol. The van der Waals surface area contributed by atoms with Crippen LogP contribution in [0.2, 0.25) is 0 Å². The minimum Gasteiger partial charge on any atom is -0.491 e. The van der Waals surface area contributed by atoms with Gasteiger partial charge in [0.25, 0.3) is 11.8 Å². The van der Waals surface area contributed by atoms with Crippen molar-refractivity contribution < 1.29 is 38.4 Å². The Hall–Kier alpha value is -2.53. The Morgan fingerprint density at radius 2 is 1.66 bits per heavy atom. The summed E-state index contributed by atoms with van der Waals surface area (Å²) < 4.78 is 21.5. The van der Waals surface area contributed by atoms with E-state index in [-0.39, 0.29) is 24.8 Å². The van der Waals surface area contributed by atoms with E-state index in [4.69, 9.17) is 24.1 Å². The third kappa shape index (κ3) is 5.83. The average molecular weight is 450 g/mol. The summed E-state index contributed by atoms with van der Waals surface area (Å²) in [6.07, 6.45) is 0.511. The molecule has 10 nitrogen and oxygen atoms in total. The van der Waals surface area contributed by atoms with Crippen LogP contribution in [-0.4, -0.2) is 86.1 Å². The Morgan fingerprint density at radius 1 is 1.00 bits per heavy atom. The molecule has 1 saturated heterocycles. The minimum absolute atomic E-state index is 0.00154. The van der Waals surface area contributed by atoms with Crippen LogP contribution in [0.15, 0.2) is 18.2 Å². The van der Waals surface area contributed by atoms with E-state index in [0.717, 1.165) is 5.56 Å². The number of imide groups is 1. The van der Waals surface area contributed by atoms with Gasteiger partial charge in [-0.05, 0) is 31.0 Å². The first-order valence-electron chi connectivity index (χ1n) is 10.7. The molecule has 176 valence electrons. The second-order valence-electron chi connectivity index (χ2n) is 7.77. The third-order valence-electron chi connectivity index (χ3n) is 5.54. The van der Waals surface area contributed by atoms with Crippen LogP contribution in [0.25, 0.3) is 0 Å². The topological polar surface area (TPSA) is 124 Å². The maximum atomic E-state index is 13.0. The highest BCUT2D eigenvalue weighted by Crippen LogP contribution is 2.35. The predicted octanol–water partition coefficient (Wildman–Crippen LogP) is 0.259. The molecule has 0 saturated carbocycles. The Balaban J connectivity index is 1.41. The van der Waals surface area contributed by atoms with Gasteiger partial charge in [-0.2, -0.15) is 0 Å². The van der Waals surface area contributed by atoms with Crippen molar-refractivity contribution in [2.24, 2.45) is 0 Å². The molecule has 3 amide bonds. The predicted molar refractivity (Wildman–Crippen MR) is 112 cm³/mol. The smallest absolute Gasteiger partial charge is 0.255 e. The van der Waals surface area contributed by atoms with Gasteiger partial charge in [-0.3, -0.25) is 19.7 Å². The number of nitrogens with zero attached hydrogens (tertiary/aromatic N) is 1. The van der Waals surface area contributed by atoms with Crippen LogP contribution in [0.3, 0.4) is 0 Å². The molecule has 3 rings (SSSR count). The summed E-state index contributed by atoms with van der Waals surface area (Å²) in [6, 6.07) is 5.30. The first-order valence-corrected chi connectivity index (χ1v) is 10.7. The molecule has 1 unspecified atom stereocenters. The maximum absolute atomic E-state index is 13.0. The van der Waals surface area contributed by atoms with E-state index in [1.807, 2.05) is 6.07 Å². The molecule has 2 N–H and O–H groups in total. The highest BCUT2D eigenvalue weighted by Gasteiger charge is 2.48. The lowest BCUT2D eigenvalue weighted by Gasteiger charge is -2.39. The second-order valence-corrected chi connectivity index (χ2v) is 7.77. The van der Waals surface area contributed by atoms with Gasteiger partial charge in [0.1, 0.15) is 17.9 Å². The molecule has 2 aliphatic heterocycles. The summed E-state index contributed by atoms with van der Waals surface area (Å²) in [7, 11) is 0. The fourth-order valence-electron chi connectivity index (χ4n) is 3.65. The number of aliphatic hydroxyl groups excluding tert-OH is 1. The highest BCUT2D eigenvalue weighted by atomic mass is 16.6. The van der Waals surface area contributed by atoms with Crippen LogP contribution in [-0.2, 0) is 30.3 Å². The Bertz CT molecular complexity index is 830. The van der Waals surface area contributed by atoms with E-state index in [9.17, 15) is 14.4 Å². The number of amides is 3. The zero-order chi connectivity index (χ0) is 23.0. The van der Waals surface area contributed by atoms with E-state index in [2.05, 4.69) is 5.32 Å². The zero-order valence-corrected chi connectivity index (χ0v) is 18.3. The quantitative estimate of drug-likeness (QED) is 0.324. The van der Waals surface area contributed by atoms with Crippen LogP contribution in [0.5, 0.6) is 5.75 Å². The van der Waals surface area contributed by atoms with Crippen LogP contribution in [0.1, 0.15) is 35.7 Å². The Morgan fingerprint density at radius 3 is 2.31 bits per heavy atom. The lowest BCUT2D eigenvalue weighted by molar-refractivity contribution is -0.142. The molecular formula is C22H30N2O8. The number of ether oxygens (including phenoxy) is 4. The van der Waals surface area contributed by atoms with Crippen molar-refractivity contribution in [3.63, 3.8) is 0 Å². The summed E-state index contributed by atoms with van der Waals surface area (Å²) in [5.74, 6) is -0.444. The minimum atomic E-state index is -1.05. The van der Waals surface area contributed by atoms with Gasteiger partial charge in [-0.25, -0.2) is 0 Å². The number of nitrogens with one attached hydrogen (secondary N) is 1. The summed E-state index contributed by atoms with van der Waals surface area (Å²) >= 11 is 0. The van der Waals surface area contributed by atoms with Gasteiger partial charge in [0, 0.05) is 18.5 Å². The molecule has 1 atom stereocenters. The van der Waals surface area contributed by atoms with Crippen molar-refractivity contribution in [2.75, 3.05) is 52.9 Å². The maximum Gasteiger partial charge on any atom is 0.255 e. The van der Waals surface area contributed by atoms with Crippen LogP contribution in [0.4, 0.5) is 0 Å². The molecule has 10 heteroatoms. The molecule has 32 heavy (non-hydrogen) atoms. The number of hydrogen-bond acceptors (Lipinski definition) is 8. The number of carbonyl (C=O) groups is 3. The fourth-order valence-corrected chi connectivity index (χ4v) is 3.65. The van der Waals surface area contributed by atoms with Crippen molar-refractivity contribution in [3.05, 3.63) is 29.3 Å². The van der Waals surface area contributed by atoms with Gasteiger partial charge in [-0.15, -0.1) is 0 Å². The van der Waals surface area contributed by atoms with Crippen LogP contribution in [0, 0.1) is 0 Å². The van der Waals surface area contributed by atoms with Crippen LogP contribution < -0.4 is 10.1 Å². The van der Waals surface area contributed by atoms with E-state index in [0.29, 0.717) is 70.5 Å². The molecule has 0 aliphatic carbocycles. The van der Waals surface area contributed by atoms with Crippen molar-refractivity contribution in [3.8, 4) is 5.75 Å². The SMILES string of the molecule is CC1(N2Cc3ccc(OCCOCCOCCOCCO)cc3C2=O)CCC(=O)NC1=O. The van der Waals surface area contributed by atoms with Crippen LogP contribution >= 0.6 is 0 Å². The van der Waals surface area contributed by atoms with Gasteiger partial charge in [0.15, 0.2) is 0 Å². The lowest BCUT2D eigenvalue weighted by Crippen LogP contribution is -2.61. The number of aliphatic hydroxyl groups is 1. The molecule has 1 fully saturated rings. The first kappa shape index (κ1) is 24.1. The number of carbonyl (C=O) groups excluding carboxylic acids is 3. The lowest BCUT2D eigenvalue weighted by atomic mass is 9.89. The average Bonchev–Trinajstić information content (AvgIpc) is 3.11. The standard InChI is InChI=1S/C22H30N2O8/c1-22(5-4-19(26)23-21(22)28)24-15-16-2-3-17(14-18(16)20(24)27)32-13-12-31-11-10-30-9-8-29-7-6-25/h2-3,14,25H,4-13,15H2,1H3,(H,23,26,28). The van der Waals surface area contributed by atoms with Gasteiger partial charge in [0.05, 0.1) is 46.2 Å². The molecule has 2 heterocycles. The molecule has 0 spiro atoms. The van der Waals surface area contributed by atoms with Crippen molar-refractivity contribution >= 4 is 17.7 Å². The first-order chi connectivity index (χ1) is 15.5. The number of piperidine rings is 1. The Kier molecular flexibility index (Phi) is 8.57. The van der Waals surface area contributed by atoms with E-state index in [1.54, 1.807) is 19.1 Å². The molecule has 1 aromatic carbocycles. The molecule has 0 bridgehead atoms. The summed E-state index contributed by atoms with van der Waals surface area (Å²) in [5.41, 5.74) is 0.280. The molecule has 0 aromatic heterocycles. The summed E-state index contributed by atoms with van der Waals surface area (Å²) in [6.45, 7) is 4.73. The van der Waals surface area contributed by atoms with E-state index >= 15 is 0 Å². The largest absolute Gasteiger partial charge is 0.491 e. The monoisotopic (exact) mass is 450 g/mol. The third-order valence-corrected chi connectivity index (χ3v) is 5.54. The molecule has 1 aromatic rings. The summed E-state index contributed by atoms with van der Waals surface area (Å²) in [4.78, 5) is 38.4. The van der Waals surface area contributed by atoms with E-state index < -0.39 is 11.4 Å². The number of rotatable bonds is 13. The molecule has 0 radical (unpaired) electrons. The zero-order valence-electron chi connectivity index (χ0n) is 18.3. The van der Waals surface area contributed by atoms with Crippen molar-refractivity contribution in [1.29, 1.82) is 0 Å². The van der Waals surface area contributed by atoms with Crippen molar-refractivity contribution in [2.45, 2.75) is 31.8 Å².